The molecule has 1 aromatic carbocycles. The summed E-state index contributed by atoms with van der Waals surface area (Å²) in [5.41, 5.74) is 1.89. The Labute approximate surface area is 173 Å². The van der Waals surface area contributed by atoms with E-state index in [-0.39, 0.29) is 11.8 Å². The minimum Gasteiger partial charge on any atom is -0.380 e. The summed E-state index contributed by atoms with van der Waals surface area (Å²) in [6.45, 7) is 3.68. The van der Waals surface area contributed by atoms with Gasteiger partial charge in [-0.2, -0.15) is 0 Å². The highest BCUT2D eigenvalue weighted by Crippen LogP contribution is 2.24. The third-order valence-corrected chi connectivity index (χ3v) is 6.32. The Morgan fingerprint density at radius 3 is 1.96 bits per heavy atom. The van der Waals surface area contributed by atoms with Crippen molar-refractivity contribution < 1.29 is 9.59 Å². The number of nitrogens with zero attached hydrogens (tertiary/aromatic N) is 3. The molecule has 0 bridgehead atoms. The summed E-state index contributed by atoms with van der Waals surface area (Å²) in [6, 6.07) is 5.42. The molecule has 0 radical (unpaired) electrons. The third kappa shape index (κ3) is 4.31. The van der Waals surface area contributed by atoms with Gasteiger partial charge in [-0.05, 0) is 43.9 Å². The van der Waals surface area contributed by atoms with Crippen LogP contribution in [-0.4, -0.2) is 52.8 Å². The van der Waals surface area contributed by atoms with Crippen molar-refractivity contribution in [2.75, 3.05) is 31.5 Å². The second-order valence-electron chi connectivity index (χ2n) is 7.23. The third-order valence-electron chi connectivity index (χ3n) is 5.21. The molecule has 28 heavy (non-hydrogen) atoms. The van der Waals surface area contributed by atoms with Crippen LogP contribution >= 0.6 is 22.9 Å². The zero-order chi connectivity index (χ0) is 19.5. The quantitative estimate of drug-likeness (QED) is 0.800. The number of hydrogen-bond acceptors (Lipinski definition) is 5. The monoisotopic (exact) mass is 418 g/mol. The summed E-state index contributed by atoms with van der Waals surface area (Å²) in [6.07, 6.45) is 5.88. The van der Waals surface area contributed by atoms with Crippen LogP contribution in [0.4, 0.5) is 5.69 Å². The first-order valence-electron chi connectivity index (χ1n) is 9.68. The van der Waals surface area contributed by atoms with Crippen LogP contribution in [0, 0.1) is 0 Å². The Hall–Kier alpha value is -2.12. The summed E-state index contributed by atoms with van der Waals surface area (Å²) in [5, 5.41) is 3.32. The van der Waals surface area contributed by atoms with E-state index in [9.17, 15) is 9.59 Å². The first-order valence-corrected chi connectivity index (χ1v) is 10.9. The number of halogens is 1. The topological polar surface area (TPSA) is 65.5 Å². The lowest BCUT2D eigenvalue weighted by Gasteiger charge is -2.19. The van der Waals surface area contributed by atoms with Gasteiger partial charge < -0.3 is 15.1 Å². The first kappa shape index (κ1) is 19.2. The molecular weight excluding hydrogens is 396 g/mol. The molecule has 8 heteroatoms. The fourth-order valence-corrected chi connectivity index (χ4v) is 4.65. The summed E-state index contributed by atoms with van der Waals surface area (Å²) in [4.78, 5) is 34.6. The van der Waals surface area contributed by atoms with Crippen molar-refractivity contribution in [1.82, 2.24) is 14.8 Å². The molecule has 2 saturated heterocycles. The average Bonchev–Trinajstić information content (AvgIpc) is 3.47. The lowest BCUT2D eigenvalue weighted by molar-refractivity contribution is 0.0791. The van der Waals surface area contributed by atoms with Gasteiger partial charge in [-0.15, -0.1) is 11.3 Å². The first-order chi connectivity index (χ1) is 13.6. The van der Waals surface area contributed by atoms with Crippen molar-refractivity contribution in [1.29, 1.82) is 0 Å². The predicted octanol–water partition coefficient (Wildman–Crippen LogP) is 3.88. The number of carbonyl (C=O) groups excluding carboxylic acids is 2. The highest BCUT2D eigenvalue weighted by atomic mass is 35.5. The van der Waals surface area contributed by atoms with E-state index < -0.39 is 0 Å². The number of likely N-dealkylation sites (tertiary alicyclic amines) is 2. The number of hydrogen-bond donors (Lipinski definition) is 1. The van der Waals surface area contributed by atoms with E-state index in [1.54, 1.807) is 12.3 Å². The number of nitrogens with one attached hydrogen (secondary N) is 1. The minimum absolute atomic E-state index is 0.00235. The van der Waals surface area contributed by atoms with E-state index in [2.05, 4.69) is 10.3 Å². The number of carbonyl (C=O) groups is 2. The summed E-state index contributed by atoms with van der Waals surface area (Å²) < 4.78 is 0.500. The Morgan fingerprint density at radius 1 is 0.964 bits per heavy atom. The molecule has 1 N–H and O–H groups in total. The predicted molar refractivity (Wildman–Crippen MR) is 111 cm³/mol. The van der Waals surface area contributed by atoms with Gasteiger partial charge in [0, 0.05) is 54.1 Å². The lowest BCUT2D eigenvalue weighted by Crippen LogP contribution is -2.30. The molecule has 0 saturated carbocycles. The standard InChI is InChI=1S/C20H23ClN4O2S/c21-20-23-13-17(28-20)12-22-16-10-14(18(26)24-5-1-2-6-24)9-15(11-16)19(27)25-7-3-4-8-25/h9-11,13,22H,1-8,12H2. The van der Waals surface area contributed by atoms with Gasteiger partial charge in [-0.25, -0.2) is 4.98 Å². The normalized spacial score (nSPS) is 16.6. The highest BCUT2D eigenvalue weighted by Gasteiger charge is 2.24. The van der Waals surface area contributed by atoms with Crippen LogP contribution in [-0.2, 0) is 6.54 Å². The molecule has 2 aliphatic rings. The second-order valence-corrected chi connectivity index (χ2v) is 8.93. The fourth-order valence-electron chi connectivity index (χ4n) is 3.74. The Kier molecular flexibility index (Phi) is 5.82. The number of aromatic nitrogens is 1. The number of anilines is 1. The van der Waals surface area contributed by atoms with E-state index in [1.165, 1.54) is 11.3 Å². The average molecular weight is 419 g/mol. The van der Waals surface area contributed by atoms with Crippen LogP contribution in [0.2, 0.25) is 4.47 Å². The summed E-state index contributed by atoms with van der Waals surface area (Å²) in [7, 11) is 0. The molecule has 3 heterocycles. The molecule has 1 aromatic heterocycles. The van der Waals surface area contributed by atoms with Gasteiger partial charge >= 0.3 is 0 Å². The van der Waals surface area contributed by atoms with Gasteiger partial charge in [-0.3, -0.25) is 9.59 Å². The van der Waals surface area contributed by atoms with E-state index in [4.69, 9.17) is 11.6 Å². The molecule has 4 rings (SSSR count). The second kappa shape index (κ2) is 8.49. The van der Waals surface area contributed by atoms with Crippen LogP contribution in [0.3, 0.4) is 0 Å². The molecule has 2 aromatic rings. The highest BCUT2D eigenvalue weighted by molar-refractivity contribution is 7.15. The molecule has 0 atom stereocenters. The Balaban J connectivity index is 1.59. The van der Waals surface area contributed by atoms with Crippen LogP contribution < -0.4 is 5.32 Å². The van der Waals surface area contributed by atoms with Crippen LogP contribution in [0.25, 0.3) is 0 Å². The van der Waals surface area contributed by atoms with Crippen molar-refractivity contribution in [2.24, 2.45) is 0 Å². The molecular formula is C20H23ClN4O2S. The number of thiazole rings is 1. The van der Waals surface area contributed by atoms with Gasteiger partial charge in [-0.1, -0.05) is 11.6 Å². The van der Waals surface area contributed by atoms with Crippen LogP contribution in [0.1, 0.15) is 51.3 Å². The minimum atomic E-state index is -0.00235. The van der Waals surface area contributed by atoms with Crippen molar-refractivity contribution in [2.45, 2.75) is 32.2 Å². The molecule has 0 aliphatic carbocycles. The summed E-state index contributed by atoms with van der Waals surface area (Å²) in [5.74, 6) is -0.00471. The van der Waals surface area contributed by atoms with E-state index in [0.29, 0.717) is 22.1 Å². The zero-order valence-electron chi connectivity index (χ0n) is 15.6. The molecule has 2 aliphatic heterocycles. The number of benzene rings is 1. The molecule has 6 nitrogen and oxygen atoms in total. The molecule has 2 amide bonds. The van der Waals surface area contributed by atoms with Gasteiger partial charge in [0.15, 0.2) is 4.47 Å². The fraction of sp³-hybridized carbons (Fsp3) is 0.450. The Bertz CT molecular complexity index is 827. The lowest BCUT2D eigenvalue weighted by atomic mass is 10.1. The molecule has 0 unspecified atom stereocenters. The zero-order valence-corrected chi connectivity index (χ0v) is 17.2. The maximum Gasteiger partial charge on any atom is 0.253 e. The van der Waals surface area contributed by atoms with Gasteiger partial charge in [0.1, 0.15) is 0 Å². The van der Waals surface area contributed by atoms with Gasteiger partial charge in [0.25, 0.3) is 11.8 Å². The largest absolute Gasteiger partial charge is 0.380 e. The summed E-state index contributed by atoms with van der Waals surface area (Å²) >= 11 is 7.31. The van der Waals surface area contributed by atoms with E-state index >= 15 is 0 Å². The maximum absolute atomic E-state index is 12.9. The van der Waals surface area contributed by atoms with Crippen molar-refractivity contribution in [3.05, 3.63) is 44.9 Å². The maximum atomic E-state index is 12.9. The molecule has 0 spiro atoms. The number of amides is 2. The van der Waals surface area contributed by atoms with E-state index in [1.807, 2.05) is 21.9 Å². The SMILES string of the molecule is O=C(c1cc(NCc2cnc(Cl)s2)cc(C(=O)N2CCCC2)c1)N1CCCC1. The van der Waals surface area contributed by atoms with Crippen LogP contribution in [0.5, 0.6) is 0 Å². The van der Waals surface area contributed by atoms with Crippen molar-refractivity contribution in [3.63, 3.8) is 0 Å². The van der Waals surface area contributed by atoms with Crippen molar-refractivity contribution >= 4 is 40.4 Å². The van der Waals surface area contributed by atoms with Gasteiger partial charge in [0.2, 0.25) is 0 Å². The molecule has 2 fully saturated rings. The smallest absolute Gasteiger partial charge is 0.253 e. The van der Waals surface area contributed by atoms with Crippen molar-refractivity contribution in [3.8, 4) is 0 Å². The Morgan fingerprint density at radius 2 is 1.50 bits per heavy atom. The number of rotatable bonds is 5. The van der Waals surface area contributed by atoms with E-state index in [0.717, 1.165) is 62.4 Å². The molecule has 148 valence electrons. The van der Waals surface area contributed by atoms with Gasteiger partial charge in [0.05, 0.1) is 6.54 Å². The van der Waals surface area contributed by atoms with Crippen LogP contribution in [0.15, 0.2) is 24.4 Å².